The summed E-state index contributed by atoms with van der Waals surface area (Å²) >= 11 is 0. The molecule has 0 aliphatic rings. The van der Waals surface area contributed by atoms with Gasteiger partial charge in [-0.3, -0.25) is 14.9 Å². The average molecular weight is 350 g/mol. The number of nitrogens with zero attached hydrogens (tertiary/aromatic N) is 3. The topological polar surface area (TPSA) is 90.1 Å². The van der Waals surface area contributed by atoms with Crippen LogP contribution in [0.15, 0.2) is 60.9 Å². The van der Waals surface area contributed by atoms with Crippen molar-refractivity contribution in [3.05, 3.63) is 87.7 Å². The first-order valence-electron chi connectivity index (χ1n) is 8.17. The van der Waals surface area contributed by atoms with Crippen LogP contribution in [0.25, 0.3) is 5.69 Å². The number of aromatic nitrogens is 2. The summed E-state index contributed by atoms with van der Waals surface area (Å²) < 4.78 is 1.77. The highest BCUT2D eigenvalue weighted by atomic mass is 16.6. The first-order chi connectivity index (χ1) is 12.6. The van der Waals surface area contributed by atoms with Gasteiger partial charge in [-0.15, -0.1) is 0 Å². The second kappa shape index (κ2) is 7.60. The summed E-state index contributed by atoms with van der Waals surface area (Å²) in [5, 5.41) is 18.2. The van der Waals surface area contributed by atoms with Gasteiger partial charge in [0, 0.05) is 18.3 Å². The van der Waals surface area contributed by atoms with Crippen molar-refractivity contribution in [3.63, 3.8) is 0 Å². The Morgan fingerprint density at radius 3 is 2.69 bits per heavy atom. The molecule has 7 nitrogen and oxygen atoms in total. The largest absolute Gasteiger partial charge is 0.351 e. The summed E-state index contributed by atoms with van der Waals surface area (Å²) in [4.78, 5) is 23.0. The second-order valence-corrected chi connectivity index (χ2v) is 5.86. The van der Waals surface area contributed by atoms with Crippen molar-refractivity contribution in [2.45, 2.75) is 13.3 Å². The van der Waals surface area contributed by atoms with Crippen molar-refractivity contribution >= 4 is 11.6 Å². The Kier molecular flexibility index (Phi) is 5.07. The SMILES string of the molecule is Cc1cccc(C(=O)NCCc2cnn(-c3ccccc3)c2)c1[N+](=O)[O-]. The summed E-state index contributed by atoms with van der Waals surface area (Å²) in [5.41, 5.74) is 2.31. The molecule has 7 heteroatoms. The van der Waals surface area contributed by atoms with E-state index in [1.54, 1.807) is 29.9 Å². The zero-order valence-corrected chi connectivity index (χ0v) is 14.3. The normalized spacial score (nSPS) is 10.5. The number of hydrogen-bond donors (Lipinski definition) is 1. The summed E-state index contributed by atoms with van der Waals surface area (Å²) in [6, 6.07) is 14.4. The summed E-state index contributed by atoms with van der Waals surface area (Å²) in [6.07, 6.45) is 4.23. The van der Waals surface area contributed by atoms with Crippen molar-refractivity contribution in [2.75, 3.05) is 6.54 Å². The molecule has 1 heterocycles. The third-order valence-corrected chi connectivity index (χ3v) is 4.02. The maximum Gasteiger partial charge on any atom is 0.285 e. The molecule has 2 aromatic carbocycles. The van der Waals surface area contributed by atoms with E-state index in [1.165, 1.54) is 6.07 Å². The first kappa shape index (κ1) is 17.3. The molecule has 0 saturated carbocycles. The fourth-order valence-corrected chi connectivity index (χ4v) is 2.71. The second-order valence-electron chi connectivity index (χ2n) is 5.86. The molecule has 0 unspecified atom stereocenters. The number of carbonyl (C=O) groups excluding carboxylic acids is 1. The summed E-state index contributed by atoms with van der Waals surface area (Å²) in [7, 11) is 0. The molecule has 0 aliphatic heterocycles. The van der Waals surface area contributed by atoms with Crippen LogP contribution in [-0.4, -0.2) is 27.2 Å². The van der Waals surface area contributed by atoms with Crippen LogP contribution < -0.4 is 5.32 Å². The minimum absolute atomic E-state index is 0.0787. The lowest BCUT2D eigenvalue weighted by atomic mass is 10.1. The summed E-state index contributed by atoms with van der Waals surface area (Å²) in [6.45, 7) is 1.98. The molecule has 0 spiro atoms. The fourth-order valence-electron chi connectivity index (χ4n) is 2.71. The van der Waals surface area contributed by atoms with Crippen molar-refractivity contribution in [1.29, 1.82) is 0 Å². The Hall–Kier alpha value is -3.48. The lowest BCUT2D eigenvalue weighted by Gasteiger charge is -2.06. The molecule has 1 N–H and O–H groups in total. The maximum absolute atomic E-state index is 12.3. The van der Waals surface area contributed by atoms with Gasteiger partial charge in [0.05, 0.1) is 16.8 Å². The number of rotatable bonds is 6. The Bertz CT molecular complexity index is 935. The molecule has 0 radical (unpaired) electrons. The van der Waals surface area contributed by atoms with Crippen molar-refractivity contribution < 1.29 is 9.72 Å². The van der Waals surface area contributed by atoms with Crippen LogP contribution in [0.1, 0.15) is 21.5 Å². The van der Waals surface area contributed by atoms with Gasteiger partial charge < -0.3 is 5.32 Å². The molecule has 0 atom stereocenters. The van der Waals surface area contributed by atoms with Gasteiger partial charge in [0.1, 0.15) is 5.56 Å². The predicted octanol–water partition coefficient (Wildman–Crippen LogP) is 3.06. The molecular weight excluding hydrogens is 332 g/mol. The van der Waals surface area contributed by atoms with Gasteiger partial charge >= 0.3 is 0 Å². The van der Waals surface area contributed by atoms with Crippen molar-refractivity contribution in [1.82, 2.24) is 15.1 Å². The van der Waals surface area contributed by atoms with E-state index in [-0.39, 0.29) is 11.3 Å². The van der Waals surface area contributed by atoms with Gasteiger partial charge in [0.15, 0.2) is 0 Å². The number of nitro benzene ring substituents is 1. The number of benzene rings is 2. The van der Waals surface area contributed by atoms with E-state index in [1.807, 2.05) is 36.5 Å². The van der Waals surface area contributed by atoms with Crippen molar-refractivity contribution in [3.8, 4) is 5.69 Å². The lowest BCUT2D eigenvalue weighted by Crippen LogP contribution is -2.26. The van der Waals surface area contributed by atoms with E-state index in [0.29, 0.717) is 18.5 Å². The maximum atomic E-state index is 12.3. The van der Waals surface area contributed by atoms with E-state index in [9.17, 15) is 14.9 Å². The third-order valence-electron chi connectivity index (χ3n) is 4.02. The van der Waals surface area contributed by atoms with Crippen LogP contribution in [0.2, 0.25) is 0 Å². The highest BCUT2D eigenvalue weighted by molar-refractivity contribution is 5.98. The molecule has 3 rings (SSSR count). The Labute approximate surface area is 150 Å². The quantitative estimate of drug-likeness (QED) is 0.546. The molecule has 0 bridgehead atoms. The van der Waals surface area contributed by atoms with E-state index in [4.69, 9.17) is 0 Å². The standard InChI is InChI=1S/C19H18N4O3/c1-14-6-5-9-17(18(14)23(25)26)19(24)20-11-10-15-12-21-22(13-15)16-7-3-2-4-8-16/h2-9,12-13H,10-11H2,1H3,(H,20,24). The van der Waals surface area contributed by atoms with Gasteiger partial charge in [-0.05, 0) is 37.1 Å². The molecule has 1 aromatic heterocycles. The van der Waals surface area contributed by atoms with E-state index in [2.05, 4.69) is 10.4 Å². The Balaban J connectivity index is 1.62. The van der Waals surface area contributed by atoms with Gasteiger partial charge in [-0.1, -0.05) is 30.3 Å². The predicted molar refractivity (Wildman–Crippen MR) is 97.4 cm³/mol. The number of hydrogen-bond acceptors (Lipinski definition) is 4. The smallest absolute Gasteiger partial charge is 0.285 e. The molecule has 132 valence electrons. The number of nitro groups is 1. The minimum Gasteiger partial charge on any atom is -0.351 e. The Morgan fingerprint density at radius 2 is 1.96 bits per heavy atom. The van der Waals surface area contributed by atoms with Gasteiger partial charge in [0.2, 0.25) is 0 Å². The number of nitrogens with one attached hydrogen (secondary N) is 1. The molecule has 0 saturated heterocycles. The minimum atomic E-state index is -0.520. The van der Waals surface area contributed by atoms with E-state index in [0.717, 1.165) is 11.3 Å². The molecule has 0 aliphatic carbocycles. The lowest BCUT2D eigenvalue weighted by molar-refractivity contribution is -0.385. The van der Waals surface area contributed by atoms with Crippen molar-refractivity contribution in [2.24, 2.45) is 0 Å². The zero-order valence-electron chi connectivity index (χ0n) is 14.3. The fraction of sp³-hybridized carbons (Fsp3) is 0.158. The number of para-hydroxylation sites is 2. The molecule has 0 fully saturated rings. The highest BCUT2D eigenvalue weighted by Crippen LogP contribution is 2.22. The molecule has 26 heavy (non-hydrogen) atoms. The van der Waals surface area contributed by atoms with Gasteiger partial charge in [0.25, 0.3) is 11.6 Å². The number of aryl methyl sites for hydroxylation is 1. The highest BCUT2D eigenvalue weighted by Gasteiger charge is 2.21. The third kappa shape index (κ3) is 3.77. The van der Waals surface area contributed by atoms with Crippen LogP contribution in [-0.2, 0) is 6.42 Å². The molecular formula is C19H18N4O3. The van der Waals surface area contributed by atoms with E-state index < -0.39 is 10.8 Å². The van der Waals surface area contributed by atoms with E-state index >= 15 is 0 Å². The number of carbonyl (C=O) groups is 1. The van der Waals surface area contributed by atoms with Crippen LogP contribution in [0.3, 0.4) is 0 Å². The zero-order chi connectivity index (χ0) is 18.5. The monoisotopic (exact) mass is 350 g/mol. The van der Waals surface area contributed by atoms with Crippen LogP contribution in [0.5, 0.6) is 0 Å². The number of amides is 1. The Morgan fingerprint density at radius 1 is 1.19 bits per heavy atom. The summed E-state index contributed by atoms with van der Waals surface area (Å²) in [5.74, 6) is -0.448. The molecule has 3 aromatic rings. The van der Waals surface area contributed by atoms with Crippen LogP contribution >= 0.6 is 0 Å². The average Bonchev–Trinajstić information content (AvgIpc) is 3.10. The first-order valence-corrected chi connectivity index (χ1v) is 8.17. The van der Waals surface area contributed by atoms with Crippen LogP contribution in [0.4, 0.5) is 5.69 Å². The van der Waals surface area contributed by atoms with Gasteiger partial charge in [-0.2, -0.15) is 5.10 Å². The van der Waals surface area contributed by atoms with Gasteiger partial charge in [-0.25, -0.2) is 4.68 Å². The van der Waals surface area contributed by atoms with Crippen LogP contribution in [0, 0.1) is 17.0 Å². The molecule has 1 amide bonds.